The average molecular weight is 802 g/mol. The standard InChI is InChI=1S/C54H54F3N3/c1-50(2,3)33-17-21-38-39-22-18-34(51(4,5)6)28-47(39)59(46(38)27-33)44-25-32(37-15-13-14-16-43(37)54(55,56)57)26-45(42(44)31-58)60-48-29-35(52(7,8)9)19-23-40(48)41-24-20-36(30-49(41)60)53(10,11)12/h13-30H,1-12H3. The van der Waals surface area contributed by atoms with Gasteiger partial charge in [0.05, 0.1) is 39.0 Å². The molecule has 3 nitrogen and oxygen atoms in total. The number of hydrogen-bond acceptors (Lipinski definition) is 1. The molecular formula is C54H54F3N3. The monoisotopic (exact) mass is 801 g/mol. The van der Waals surface area contributed by atoms with Crippen LogP contribution in [0.3, 0.4) is 0 Å². The van der Waals surface area contributed by atoms with Crippen molar-refractivity contribution in [2.75, 3.05) is 0 Å². The smallest absolute Gasteiger partial charge is 0.308 e. The molecule has 2 aromatic heterocycles. The largest absolute Gasteiger partial charge is 0.417 e. The van der Waals surface area contributed by atoms with Crippen LogP contribution in [0, 0.1) is 11.3 Å². The summed E-state index contributed by atoms with van der Waals surface area (Å²) in [6, 6.07) is 38.0. The Balaban J connectivity index is 1.63. The second-order valence-corrected chi connectivity index (χ2v) is 20.6. The van der Waals surface area contributed by atoms with Crippen LogP contribution in [0.15, 0.2) is 109 Å². The van der Waals surface area contributed by atoms with Gasteiger partial charge >= 0.3 is 6.18 Å². The molecule has 0 saturated carbocycles. The quantitative estimate of drug-likeness (QED) is 0.175. The van der Waals surface area contributed by atoms with Crippen molar-refractivity contribution in [3.05, 3.63) is 143 Å². The van der Waals surface area contributed by atoms with E-state index in [1.165, 1.54) is 6.07 Å². The maximum Gasteiger partial charge on any atom is 0.417 e. The van der Waals surface area contributed by atoms with Crippen molar-refractivity contribution in [3.8, 4) is 28.6 Å². The molecular weight excluding hydrogens is 748 g/mol. The lowest BCUT2D eigenvalue weighted by Crippen LogP contribution is -2.12. The third kappa shape index (κ3) is 6.86. The Bertz CT molecular complexity index is 2750. The van der Waals surface area contributed by atoms with Crippen molar-refractivity contribution in [1.82, 2.24) is 9.13 Å². The van der Waals surface area contributed by atoms with Crippen LogP contribution in [0.4, 0.5) is 13.2 Å². The molecule has 0 amide bonds. The lowest BCUT2D eigenvalue weighted by atomic mass is 9.86. The molecule has 8 aromatic rings. The number of nitriles is 1. The molecule has 6 aromatic carbocycles. The fraction of sp³-hybridized carbons (Fsp3) is 0.315. The van der Waals surface area contributed by atoms with E-state index in [0.717, 1.165) is 71.9 Å². The van der Waals surface area contributed by atoms with Crippen LogP contribution < -0.4 is 0 Å². The number of fused-ring (bicyclic) bond motifs is 6. The SMILES string of the molecule is CC(C)(C)c1ccc2c3ccc(C(C)(C)C)cc3n(-c3cc(-c4ccccc4C(F)(F)F)cc(-n4c5cc(C(C)(C)C)ccc5c5ccc(C(C)(C)C)cc54)c3C#N)c2c1. The zero-order valence-electron chi connectivity index (χ0n) is 36.9. The molecule has 0 N–H and O–H groups in total. The van der Waals surface area contributed by atoms with Gasteiger partial charge in [0.25, 0.3) is 0 Å². The van der Waals surface area contributed by atoms with E-state index >= 15 is 13.2 Å². The Kier molecular flexibility index (Phi) is 9.29. The van der Waals surface area contributed by atoms with Crippen LogP contribution in [0.2, 0.25) is 0 Å². The lowest BCUT2D eigenvalue weighted by molar-refractivity contribution is -0.137. The van der Waals surface area contributed by atoms with E-state index in [1.54, 1.807) is 24.3 Å². The predicted molar refractivity (Wildman–Crippen MR) is 245 cm³/mol. The molecule has 0 saturated heterocycles. The predicted octanol–water partition coefficient (Wildman–Crippen LogP) is 15.6. The van der Waals surface area contributed by atoms with Crippen LogP contribution in [0.1, 0.15) is 116 Å². The minimum Gasteiger partial charge on any atom is -0.308 e. The molecule has 0 unspecified atom stereocenters. The third-order valence-corrected chi connectivity index (χ3v) is 12.2. The van der Waals surface area contributed by atoms with E-state index in [1.807, 2.05) is 0 Å². The number of hydrogen-bond donors (Lipinski definition) is 0. The summed E-state index contributed by atoms with van der Waals surface area (Å²) in [5.74, 6) is 0. The minimum absolute atomic E-state index is 0.0510. The van der Waals surface area contributed by atoms with Gasteiger partial charge in [-0.15, -0.1) is 0 Å². The zero-order valence-corrected chi connectivity index (χ0v) is 36.9. The van der Waals surface area contributed by atoms with Gasteiger partial charge in [-0.25, -0.2) is 0 Å². The summed E-state index contributed by atoms with van der Waals surface area (Å²) in [7, 11) is 0. The number of halogens is 3. The summed E-state index contributed by atoms with van der Waals surface area (Å²) < 4.78 is 49.3. The molecule has 0 spiro atoms. The summed E-state index contributed by atoms with van der Waals surface area (Å²) in [4.78, 5) is 0. The van der Waals surface area contributed by atoms with Crippen molar-refractivity contribution >= 4 is 43.6 Å². The van der Waals surface area contributed by atoms with Gasteiger partial charge in [-0.3, -0.25) is 0 Å². The highest BCUT2D eigenvalue weighted by molar-refractivity contribution is 6.12. The zero-order chi connectivity index (χ0) is 43.5. The first-order chi connectivity index (χ1) is 27.9. The first-order valence-corrected chi connectivity index (χ1v) is 20.8. The van der Waals surface area contributed by atoms with E-state index in [-0.39, 0.29) is 27.2 Å². The van der Waals surface area contributed by atoms with E-state index in [2.05, 4.69) is 171 Å². The van der Waals surface area contributed by atoms with Crippen LogP contribution in [0.5, 0.6) is 0 Å². The van der Waals surface area contributed by atoms with Gasteiger partial charge in [0.1, 0.15) is 11.6 Å². The number of aromatic nitrogens is 2. The van der Waals surface area contributed by atoms with Gasteiger partial charge in [0.15, 0.2) is 0 Å². The fourth-order valence-electron chi connectivity index (χ4n) is 8.64. The van der Waals surface area contributed by atoms with Crippen molar-refractivity contribution in [1.29, 1.82) is 5.26 Å². The van der Waals surface area contributed by atoms with Gasteiger partial charge in [0.2, 0.25) is 0 Å². The van der Waals surface area contributed by atoms with Gasteiger partial charge in [0, 0.05) is 21.5 Å². The van der Waals surface area contributed by atoms with Crippen LogP contribution in [-0.4, -0.2) is 9.13 Å². The molecule has 0 radical (unpaired) electrons. The Morgan fingerprint density at radius 1 is 0.433 bits per heavy atom. The Morgan fingerprint density at radius 3 is 1.03 bits per heavy atom. The number of rotatable bonds is 3. The number of benzene rings is 6. The molecule has 0 aliphatic rings. The van der Waals surface area contributed by atoms with E-state index < -0.39 is 11.7 Å². The Hall–Kier alpha value is -5.80. The molecule has 6 heteroatoms. The first kappa shape index (κ1) is 41.0. The maximum atomic E-state index is 15.0. The van der Waals surface area contributed by atoms with E-state index in [4.69, 9.17) is 0 Å². The van der Waals surface area contributed by atoms with Gasteiger partial charge < -0.3 is 9.13 Å². The highest BCUT2D eigenvalue weighted by atomic mass is 19.4. The van der Waals surface area contributed by atoms with Crippen molar-refractivity contribution in [2.24, 2.45) is 0 Å². The molecule has 0 aliphatic heterocycles. The molecule has 0 atom stereocenters. The van der Waals surface area contributed by atoms with Crippen molar-refractivity contribution in [2.45, 2.75) is 111 Å². The molecule has 60 heavy (non-hydrogen) atoms. The fourth-order valence-corrected chi connectivity index (χ4v) is 8.64. The summed E-state index contributed by atoms with van der Waals surface area (Å²) in [5.41, 5.74) is 8.32. The molecule has 0 fully saturated rings. The molecule has 306 valence electrons. The van der Waals surface area contributed by atoms with Gasteiger partial charge in [-0.1, -0.05) is 150 Å². The third-order valence-electron chi connectivity index (χ3n) is 12.2. The number of alkyl halides is 3. The highest BCUT2D eigenvalue weighted by Gasteiger charge is 2.34. The lowest BCUT2D eigenvalue weighted by Gasteiger charge is -2.23. The maximum absolute atomic E-state index is 15.0. The Labute approximate surface area is 352 Å². The minimum atomic E-state index is -4.61. The van der Waals surface area contributed by atoms with Crippen LogP contribution in [0.25, 0.3) is 66.1 Å². The van der Waals surface area contributed by atoms with Gasteiger partial charge in [-0.05, 0) is 97.5 Å². The van der Waals surface area contributed by atoms with E-state index in [0.29, 0.717) is 22.5 Å². The first-order valence-electron chi connectivity index (χ1n) is 20.8. The molecule has 0 aliphatic carbocycles. The summed E-state index contributed by atoms with van der Waals surface area (Å²) in [6.07, 6.45) is -4.61. The molecule has 8 rings (SSSR count). The van der Waals surface area contributed by atoms with Crippen molar-refractivity contribution in [3.63, 3.8) is 0 Å². The summed E-state index contributed by atoms with van der Waals surface area (Å²) in [5, 5.41) is 15.6. The Morgan fingerprint density at radius 2 is 0.750 bits per heavy atom. The summed E-state index contributed by atoms with van der Waals surface area (Å²) in [6.45, 7) is 26.1. The topological polar surface area (TPSA) is 33.6 Å². The average Bonchev–Trinajstić information content (AvgIpc) is 3.67. The van der Waals surface area contributed by atoms with E-state index in [9.17, 15) is 5.26 Å². The van der Waals surface area contributed by atoms with Crippen LogP contribution >= 0.6 is 0 Å². The number of nitrogens with zero attached hydrogens (tertiary/aromatic N) is 3. The van der Waals surface area contributed by atoms with Gasteiger partial charge in [-0.2, -0.15) is 18.4 Å². The highest BCUT2D eigenvalue weighted by Crippen LogP contribution is 2.45. The second kappa shape index (κ2) is 13.6. The normalized spacial score (nSPS) is 13.2. The molecule has 0 bridgehead atoms. The summed E-state index contributed by atoms with van der Waals surface area (Å²) >= 11 is 0. The van der Waals surface area contributed by atoms with Crippen molar-refractivity contribution < 1.29 is 13.2 Å². The molecule has 2 heterocycles. The van der Waals surface area contributed by atoms with Crippen LogP contribution in [-0.2, 0) is 27.8 Å². The second-order valence-electron chi connectivity index (χ2n) is 20.6.